The van der Waals surface area contributed by atoms with Crippen molar-refractivity contribution in [3.05, 3.63) is 35.7 Å². The molecule has 29 heavy (non-hydrogen) atoms. The van der Waals surface area contributed by atoms with Gasteiger partial charge in [-0.25, -0.2) is 0 Å². The number of nitriles is 1. The lowest BCUT2D eigenvalue weighted by Crippen LogP contribution is -2.50. The number of carbonyl (C=O) groups is 2. The maximum Gasteiger partial charge on any atom is 0.306 e. The normalized spacial score (nSPS) is 15.3. The van der Waals surface area contributed by atoms with Gasteiger partial charge in [-0.3, -0.25) is 9.59 Å². The summed E-state index contributed by atoms with van der Waals surface area (Å²) in [5, 5.41) is 16.0. The van der Waals surface area contributed by atoms with Crippen molar-refractivity contribution in [2.45, 2.75) is 57.4 Å². The number of carbonyl (C=O) groups excluding carboxylic acids is 2. The predicted molar refractivity (Wildman–Crippen MR) is 103 cm³/mol. The molecule has 1 fully saturated rings. The second kappa shape index (κ2) is 9.32. The Labute approximate surface area is 169 Å². The number of esters is 1. The molecule has 8 heteroatoms. The Morgan fingerprint density at radius 3 is 2.66 bits per heavy atom. The van der Waals surface area contributed by atoms with Gasteiger partial charge in [-0.05, 0) is 19.8 Å². The molecule has 3 rings (SSSR count). The summed E-state index contributed by atoms with van der Waals surface area (Å²) in [6, 6.07) is 9.91. The van der Waals surface area contributed by atoms with Crippen molar-refractivity contribution in [3.8, 4) is 17.5 Å². The van der Waals surface area contributed by atoms with Gasteiger partial charge in [0.25, 0.3) is 5.91 Å². The molecule has 1 heterocycles. The zero-order chi connectivity index (χ0) is 20.7. The molecule has 0 atom stereocenters. The summed E-state index contributed by atoms with van der Waals surface area (Å²) in [7, 11) is 0. The summed E-state index contributed by atoms with van der Waals surface area (Å²) in [5.74, 6) is -0.208. The molecule has 1 amide bonds. The number of nitrogens with zero attached hydrogens (tertiary/aromatic N) is 3. The fourth-order valence-corrected chi connectivity index (χ4v) is 3.33. The van der Waals surface area contributed by atoms with Crippen molar-refractivity contribution in [1.82, 2.24) is 15.5 Å². The van der Waals surface area contributed by atoms with Gasteiger partial charge in [0.1, 0.15) is 5.54 Å². The quantitative estimate of drug-likeness (QED) is 0.715. The van der Waals surface area contributed by atoms with Crippen LogP contribution in [0.25, 0.3) is 11.4 Å². The molecule has 0 spiro atoms. The van der Waals surface area contributed by atoms with Crippen molar-refractivity contribution in [2.24, 2.45) is 0 Å². The molecule has 8 nitrogen and oxygen atoms in total. The van der Waals surface area contributed by atoms with Crippen LogP contribution < -0.4 is 5.32 Å². The van der Waals surface area contributed by atoms with Crippen LogP contribution in [0.15, 0.2) is 28.8 Å². The van der Waals surface area contributed by atoms with E-state index in [0.29, 0.717) is 24.6 Å². The number of rotatable bonds is 7. The molecule has 1 aliphatic rings. The topological polar surface area (TPSA) is 118 Å². The summed E-state index contributed by atoms with van der Waals surface area (Å²) in [5.41, 5.74) is 1.13. The first-order valence-electron chi connectivity index (χ1n) is 9.77. The third-order valence-corrected chi connectivity index (χ3v) is 4.98. The van der Waals surface area contributed by atoms with Gasteiger partial charge in [0.05, 0.1) is 12.5 Å². The molecule has 1 aromatic heterocycles. The minimum atomic E-state index is -0.835. The van der Waals surface area contributed by atoms with Gasteiger partial charge in [-0.1, -0.05) is 54.2 Å². The van der Waals surface area contributed by atoms with Gasteiger partial charge in [0, 0.05) is 12.0 Å². The Morgan fingerprint density at radius 2 is 1.97 bits per heavy atom. The molecule has 152 valence electrons. The van der Waals surface area contributed by atoms with E-state index in [0.717, 1.165) is 30.4 Å². The van der Waals surface area contributed by atoms with Crippen molar-refractivity contribution in [1.29, 1.82) is 5.26 Å². The summed E-state index contributed by atoms with van der Waals surface area (Å²) in [4.78, 5) is 28.3. The minimum Gasteiger partial charge on any atom is -0.456 e. The number of hydrogen-bond donors (Lipinski definition) is 1. The average molecular weight is 396 g/mol. The van der Waals surface area contributed by atoms with E-state index in [1.165, 1.54) is 0 Å². The van der Waals surface area contributed by atoms with E-state index in [1.807, 2.05) is 31.2 Å². The number of amides is 1. The standard InChI is InChI=1S/C21H24N4O4/c1-15-5-7-16(8-6-15)20-23-18(29-25-20)9-10-19(27)28-13-17(26)24-21(14-22)11-3-2-4-12-21/h5-8H,2-4,9-13H2,1H3,(H,24,26). The lowest BCUT2D eigenvalue weighted by Gasteiger charge is -2.31. The fraction of sp³-hybridized carbons (Fsp3) is 0.476. The van der Waals surface area contributed by atoms with Crippen LogP contribution in [0.3, 0.4) is 0 Å². The number of hydrogen-bond acceptors (Lipinski definition) is 7. The molecule has 0 unspecified atom stereocenters. The molecular weight excluding hydrogens is 372 g/mol. The molecular formula is C21H24N4O4. The van der Waals surface area contributed by atoms with Gasteiger partial charge in [-0.2, -0.15) is 10.2 Å². The van der Waals surface area contributed by atoms with E-state index in [4.69, 9.17) is 9.26 Å². The van der Waals surface area contributed by atoms with Gasteiger partial charge in [-0.15, -0.1) is 0 Å². The van der Waals surface area contributed by atoms with E-state index < -0.39 is 24.0 Å². The molecule has 2 aromatic rings. The highest BCUT2D eigenvalue weighted by Crippen LogP contribution is 2.27. The van der Waals surface area contributed by atoms with Gasteiger partial charge in [0.2, 0.25) is 11.7 Å². The Hall–Kier alpha value is -3.21. The zero-order valence-corrected chi connectivity index (χ0v) is 16.4. The fourth-order valence-electron chi connectivity index (χ4n) is 3.33. The number of aromatic nitrogens is 2. The van der Waals surface area contributed by atoms with E-state index in [2.05, 4.69) is 21.5 Å². The van der Waals surface area contributed by atoms with Crippen LogP contribution in [0.5, 0.6) is 0 Å². The molecule has 0 radical (unpaired) electrons. The second-order valence-electron chi connectivity index (χ2n) is 7.34. The maximum atomic E-state index is 12.1. The Morgan fingerprint density at radius 1 is 1.24 bits per heavy atom. The molecule has 0 saturated heterocycles. The van der Waals surface area contributed by atoms with Crippen LogP contribution in [0.1, 0.15) is 50.0 Å². The molecule has 1 saturated carbocycles. The molecule has 1 aliphatic carbocycles. The molecule has 0 aliphatic heterocycles. The minimum absolute atomic E-state index is 0.0200. The van der Waals surface area contributed by atoms with Crippen LogP contribution in [0, 0.1) is 18.3 Å². The van der Waals surface area contributed by atoms with Crippen molar-refractivity contribution in [3.63, 3.8) is 0 Å². The lowest BCUT2D eigenvalue weighted by atomic mass is 9.83. The van der Waals surface area contributed by atoms with Gasteiger partial charge >= 0.3 is 5.97 Å². The van der Waals surface area contributed by atoms with Crippen LogP contribution in [-0.4, -0.2) is 34.2 Å². The van der Waals surface area contributed by atoms with Crippen LogP contribution in [0.4, 0.5) is 0 Å². The van der Waals surface area contributed by atoms with Crippen LogP contribution in [0.2, 0.25) is 0 Å². The van der Waals surface area contributed by atoms with E-state index in [-0.39, 0.29) is 12.8 Å². The van der Waals surface area contributed by atoms with Gasteiger partial charge in [0.15, 0.2) is 6.61 Å². The first-order valence-corrected chi connectivity index (χ1v) is 9.77. The molecule has 0 bridgehead atoms. The number of aryl methyl sites for hydroxylation is 2. The van der Waals surface area contributed by atoms with Crippen LogP contribution in [-0.2, 0) is 20.7 Å². The third kappa shape index (κ3) is 5.64. The molecule has 1 N–H and O–H groups in total. The number of nitrogens with one attached hydrogen (secondary N) is 1. The Balaban J connectivity index is 1.42. The monoisotopic (exact) mass is 396 g/mol. The largest absolute Gasteiger partial charge is 0.456 e. The summed E-state index contributed by atoms with van der Waals surface area (Å²) in [6.45, 7) is 1.59. The summed E-state index contributed by atoms with van der Waals surface area (Å²) in [6.07, 6.45) is 4.38. The second-order valence-corrected chi connectivity index (χ2v) is 7.34. The Bertz CT molecular complexity index is 892. The predicted octanol–water partition coefficient (Wildman–Crippen LogP) is 2.86. The van der Waals surface area contributed by atoms with Gasteiger partial charge < -0.3 is 14.6 Å². The highest BCUT2D eigenvalue weighted by molar-refractivity contribution is 5.81. The zero-order valence-electron chi connectivity index (χ0n) is 16.4. The first kappa shape index (κ1) is 20.5. The van der Waals surface area contributed by atoms with Crippen molar-refractivity contribution >= 4 is 11.9 Å². The van der Waals surface area contributed by atoms with E-state index in [1.54, 1.807) is 0 Å². The molecule has 1 aromatic carbocycles. The average Bonchev–Trinajstić information content (AvgIpc) is 3.21. The first-order chi connectivity index (χ1) is 14.0. The SMILES string of the molecule is Cc1ccc(-c2noc(CCC(=O)OCC(=O)NC3(C#N)CCCCC3)n2)cc1. The van der Waals surface area contributed by atoms with Crippen molar-refractivity contribution < 1.29 is 18.8 Å². The summed E-state index contributed by atoms with van der Waals surface area (Å²) >= 11 is 0. The van der Waals surface area contributed by atoms with Crippen molar-refractivity contribution in [2.75, 3.05) is 6.61 Å². The highest BCUT2D eigenvalue weighted by atomic mass is 16.5. The number of benzene rings is 1. The highest BCUT2D eigenvalue weighted by Gasteiger charge is 2.33. The number of ether oxygens (including phenoxy) is 1. The smallest absolute Gasteiger partial charge is 0.306 e. The van der Waals surface area contributed by atoms with Crippen LogP contribution >= 0.6 is 0 Å². The maximum absolute atomic E-state index is 12.1. The summed E-state index contributed by atoms with van der Waals surface area (Å²) < 4.78 is 10.2. The van der Waals surface area contributed by atoms with E-state index >= 15 is 0 Å². The Kier molecular flexibility index (Phi) is 6.60. The lowest BCUT2D eigenvalue weighted by molar-refractivity contribution is -0.149. The van der Waals surface area contributed by atoms with E-state index in [9.17, 15) is 14.9 Å². The third-order valence-electron chi connectivity index (χ3n) is 4.98.